The number of methoxy groups -OCH3 is 1. The number of hydrogen-bond acceptors (Lipinski definition) is 4. The summed E-state index contributed by atoms with van der Waals surface area (Å²) < 4.78 is 46.6. The van der Waals surface area contributed by atoms with E-state index in [0.717, 1.165) is 28.9 Å². The third kappa shape index (κ3) is 4.85. The first-order chi connectivity index (χ1) is 14.8. The molecule has 162 valence electrons. The van der Waals surface area contributed by atoms with Gasteiger partial charge < -0.3 is 14.4 Å². The molecule has 0 bridgehead atoms. The summed E-state index contributed by atoms with van der Waals surface area (Å²) in [6.45, 7) is 0.550. The van der Waals surface area contributed by atoms with Gasteiger partial charge in [0.1, 0.15) is 11.5 Å². The van der Waals surface area contributed by atoms with E-state index in [9.17, 15) is 18.0 Å². The lowest BCUT2D eigenvalue weighted by molar-refractivity contribution is -0.274. The monoisotopic (exact) mass is 447 g/mol. The van der Waals surface area contributed by atoms with Crippen LogP contribution in [0.15, 0.2) is 60.0 Å². The normalized spacial score (nSPS) is 16.0. The standard InChI is InChI=1S/C23H20F3NO3S/c1-29-17-6-2-15(3-7-17)14-21(28)27-12-10-20-19(11-13-31-20)22(27)16-4-8-18(9-5-16)30-23(24,25)26/h2-9,11,13,22H,10,12,14H2,1H3. The molecule has 31 heavy (non-hydrogen) atoms. The van der Waals surface area contributed by atoms with Gasteiger partial charge in [-0.2, -0.15) is 0 Å². The number of amides is 1. The fraction of sp³-hybridized carbons (Fsp3) is 0.261. The molecule has 0 fully saturated rings. The third-order valence-electron chi connectivity index (χ3n) is 5.23. The molecular weight excluding hydrogens is 427 g/mol. The molecule has 0 saturated carbocycles. The number of fused-ring (bicyclic) bond motifs is 1. The van der Waals surface area contributed by atoms with Crippen LogP contribution in [0.2, 0.25) is 0 Å². The number of ether oxygens (including phenoxy) is 2. The first kappa shape index (κ1) is 21.2. The Morgan fingerprint density at radius 1 is 1.06 bits per heavy atom. The molecule has 1 aliphatic rings. The Labute approximate surface area is 181 Å². The van der Waals surface area contributed by atoms with Crippen molar-refractivity contribution < 1.29 is 27.4 Å². The molecule has 3 aromatic rings. The van der Waals surface area contributed by atoms with E-state index in [-0.39, 0.29) is 24.1 Å². The van der Waals surface area contributed by atoms with Gasteiger partial charge in [-0.15, -0.1) is 24.5 Å². The largest absolute Gasteiger partial charge is 0.573 e. The van der Waals surface area contributed by atoms with Crippen LogP contribution >= 0.6 is 11.3 Å². The molecule has 8 heteroatoms. The Balaban J connectivity index is 1.60. The first-order valence-corrected chi connectivity index (χ1v) is 10.6. The van der Waals surface area contributed by atoms with E-state index in [1.165, 1.54) is 17.0 Å². The van der Waals surface area contributed by atoms with Gasteiger partial charge in [0.25, 0.3) is 0 Å². The Morgan fingerprint density at radius 3 is 2.39 bits per heavy atom. The van der Waals surface area contributed by atoms with Crippen LogP contribution in [-0.2, 0) is 17.6 Å². The lowest BCUT2D eigenvalue weighted by Gasteiger charge is -2.36. The number of benzene rings is 2. The molecule has 0 saturated heterocycles. The Kier molecular flexibility index (Phi) is 5.91. The number of alkyl halides is 3. The topological polar surface area (TPSA) is 38.8 Å². The summed E-state index contributed by atoms with van der Waals surface area (Å²) in [7, 11) is 1.59. The van der Waals surface area contributed by atoms with Crippen LogP contribution in [0.25, 0.3) is 0 Å². The summed E-state index contributed by atoms with van der Waals surface area (Å²) in [4.78, 5) is 16.2. The molecule has 1 aliphatic heterocycles. The average molecular weight is 447 g/mol. The quantitative estimate of drug-likeness (QED) is 0.528. The number of carbonyl (C=O) groups excluding carboxylic acids is 1. The summed E-state index contributed by atoms with van der Waals surface area (Å²) in [5.41, 5.74) is 2.63. The molecule has 1 amide bonds. The maximum absolute atomic E-state index is 13.2. The molecule has 0 N–H and O–H groups in total. The second kappa shape index (κ2) is 8.63. The highest BCUT2D eigenvalue weighted by Gasteiger charge is 2.34. The Hall–Kier alpha value is -3.00. The minimum atomic E-state index is -4.74. The number of halogens is 3. The number of nitrogens with zero attached hydrogens (tertiary/aromatic N) is 1. The molecule has 2 heterocycles. The van der Waals surface area contributed by atoms with E-state index in [1.807, 2.05) is 35.7 Å². The summed E-state index contributed by atoms with van der Waals surface area (Å²) in [6.07, 6.45) is -3.75. The van der Waals surface area contributed by atoms with Crippen molar-refractivity contribution in [2.24, 2.45) is 0 Å². The van der Waals surface area contributed by atoms with Crippen molar-refractivity contribution in [3.05, 3.63) is 81.5 Å². The number of rotatable bonds is 5. The van der Waals surface area contributed by atoms with Gasteiger partial charge in [-0.3, -0.25) is 4.79 Å². The smallest absolute Gasteiger partial charge is 0.497 e. The van der Waals surface area contributed by atoms with Crippen LogP contribution < -0.4 is 9.47 Å². The van der Waals surface area contributed by atoms with Crippen molar-refractivity contribution in [3.8, 4) is 11.5 Å². The van der Waals surface area contributed by atoms with E-state index in [2.05, 4.69) is 4.74 Å². The molecule has 1 aromatic heterocycles. The van der Waals surface area contributed by atoms with Gasteiger partial charge in [-0.05, 0) is 58.8 Å². The Bertz CT molecular complexity index is 1050. The molecule has 1 atom stereocenters. The van der Waals surface area contributed by atoms with Crippen molar-refractivity contribution in [3.63, 3.8) is 0 Å². The van der Waals surface area contributed by atoms with Crippen LogP contribution in [-0.4, -0.2) is 30.8 Å². The molecule has 2 aromatic carbocycles. The Morgan fingerprint density at radius 2 is 1.74 bits per heavy atom. The van der Waals surface area contributed by atoms with Gasteiger partial charge in [-0.25, -0.2) is 0 Å². The van der Waals surface area contributed by atoms with Gasteiger partial charge >= 0.3 is 6.36 Å². The average Bonchev–Trinajstić information content (AvgIpc) is 3.22. The van der Waals surface area contributed by atoms with E-state index < -0.39 is 6.36 Å². The van der Waals surface area contributed by atoms with Crippen molar-refractivity contribution in [1.29, 1.82) is 0 Å². The lowest BCUT2D eigenvalue weighted by Crippen LogP contribution is -2.40. The van der Waals surface area contributed by atoms with Crippen molar-refractivity contribution >= 4 is 17.2 Å². The fourth-order valence-electron chi connectivity index (χ4n) is 3.82. The summed E-state index contributed by atoms with van der Waals surface area (Å²) >= 11 is 1.63. The predicted molar refractivity (Wildman–Crippen MR) is 111 cm³/mol. The fourth-order valence-corrected chi connectivity index (χ4v) is 4.72. The zero-order valence-electron chi connectivity index (χ0n) is 16.7. The van der Waals surface area contributed by atoms with Gasteiger partial charge in [0, 0.05) is 11.4 Å². The highest BCUT2D eigenvalue weighted by molar-refractivity contribution is 7.10. The van der Waals surface area contributed by atoms with Crippen molar-refractivity contribution in [2.45, 2.75) is 25.2 Å². The summed E-state index contributed by atoms with van der Waals surface area (Å²) in [6, 6.07) is 14.7. The second-order valence-corrected chi connectivity index (χ2v) is 8.18. The molecule has 4 nitrogen and oxygen atoms in total. The van der Waals surface area contributed by atoms with E-state index in [0.29, 0.717) is 6.54 Å². The lowest BCUT2D eigenvalue weighted by atomic mass is 9.92. The third-order valence-corrected chi connectivity index (χ3v) is 6.23. The van der Waals surface area contributed by atoms with Crippen molar-refractivity contribution in [1.82, 2.24) is 4.90 Å². The highest BCUT2D eigenvalue weighted by atomic mass is 32.1. The summed E-state index contributed by atoms with van der Waals surface area (Å²) in [5.74, 6) is 0.396. The van der Waals surface area contributed by atoms with E-state index in [1.54, 1.807) is 35.5 Å². The van der Waals surface area contributed by atoms with Gasteiger partial charge in [-0.1, -0.05) is 24.3 Å². The van der Waals surface area contributed by atoms with Gasteiger partial charge in [0.2, 0.25) is 5.91 Å². The zero-order chi connectivity index (χ0) is 22.0. The second-order valence-electron chi connectivity index (χ2n) is 7.18. The highest BCUT2D eigenvalue weighted by Crippen LogP contribution is 2.39. The van der Waals surface area contributed by atoms with Crippen LogP contribution in [0.1, 0.15) is 27.6 Å². The van der Waals surface area contributed by atoms with E-state index in [4.69, 9.17) is 4.74 Å². The molecular formula is C23H20F3NO3S. The van der Waals surface area contributed by atoms with Crippen LogP contribution in [0.4, 0.5) is 13.2 Å². The minimum Gasteiger partial charge on any atom is -0.497 e. The van der Waals surface area contributed by atoms with Crippen LogP contribution in [0.5, 0.6) is 11.5 Å². The van der Waals surface area contributed by atoms with Crippen molar-refractivity contribution in [2.75, 3.05) is 13.7 Å². The van der Waals surface area contributed by atoms with Crippen LogP contribution in [0, 0.1) is 0 Å². The summed E-state index contributed by atoms with van der Waals surface area (Å²) in [5, 5.41) is 1.98. The minimum absolute atomic E-state index is 0.0392. The number of carbonyl (C=O) groups is 1. The SMILES string of the molecule is COc1ccc(CC(=O)N2CCc3sccc3C2c2ccc(OC(F)(F)F)cc2)cc1. The molecule has 1 unspecified atom stereocenters. The number of thiophene rings is 1. The first-order valence-electron chi connectivity index (χ1n) is 9.68. The van der Waals surface area contributed by atoms with Crippen LogP contribution in [0.3, 0.4) is 0 Å². The molecule has 4 rings (SSSR count). The predicted octanol–water partition coefficient (Wildman–Crippen LogP) is 5.37. The maximum Gasteiger partial charge on any atom is 0.573 e. The molecule has 0 radical (unpaired) electrons. The van der Waals surface area contributed by atoms with Gasteiger partial charge in [0.05, 0.1) is 19.6 Å². The zero-order valence-corrected chi connectivity index (χ0v) is 17.5. The van der Waals surface area contributed by atoms with Gasteiger partial charge in [0.15, 0.2) is 0 Å². The molecule has 0 aliphatic carbocycles. The van der Waals surface area contributed by atoms with E-state index >= 15 is 0 Å². The maximum atomic E-state index is 13.2. The number of hydrogen-bond donors (Lipinski definition) is 0. The molecule has 0 spiro atoms.